The molecule has 24 heavy (non-hydrogen) atoms. The molecule has 0 fully saturated rings. The van der Waals surface area contributed by atoms with Gasteiger partial charge in [0.15, 0.2) is 0 Å². The van der Waals surface area contributed by atoms with Crippen LogP contribution in [0.4, 0.5) is 11.4 Å². The van der Waals surface area contributed by atoms with E-state index in [9.17, 15) is 14.9 Å². The molecule has 1 aromatic heterocycles. The van der Waals surface area contributed by atoms with Gasteiger partial charge in [0, 0.05) is 17.5 Å². The van der Waals surface area contributed by atoms with Gasteiger partial charge in [0.2, 0.25) is 5.55 Å². The summed E-state index contributed by atoms with van der Waals surface area (Å²) in [6, 6.07) is 12.2. The van der Waals surface area contributed by atoms with Gasteiger partial charge < -0.3 is 9.73 Å². The Kier molecular flexibility index (Phi) is 4.01. The van der Waals surface area contributed by atoms with Crippen LogP contribution in [0.1, 0.15) is 10.4 Å². The number of nitro groups is 1. The number of nitrogens with one attached hydrogen (secondary N) is 2. The predicted octanol–water partition coefficient (Wildman–Crippen LogP) is 3.73. The zero-order valence-electron chi connectivity index (χ0n) is 12.1. The van der Waals surface area contributed by atoms with E-state index in [1.165, 1.54) is 18.2 Å². The fraction of sp³-hybridized carbons (Fsp3) is 0. The van der Waals surface area contributed by atoms with Gasteiger partial charge in [0.25, 0.3) is 11.6 Å². The number of halogens is 1. The zero-order valence-corrected chi connectivity index (χ0v) is 12.8. The lowest BCUT2D eigenvalue weighted by Crippen LogP contribution is -2.21. The van der Waals surface area contributed by atoms with Crippen molar-refractivity contribution < 1.29 is 14.1 Å². The van der Waals surface area contributed by atoms with Crippen molar-refractivity contribution in [3.05, 3.63) is 74.8 Å². The molecule has 0 saturated heterocycles. The minimum atomic E-state index is -0.642. The molecular formula is C16H10ClN3O4. The van der Waals surface area contributed by atoms with Crippen LogP contribution in [-0.2, 0) is 0 Å². The van der Waals surface area contributed by atoms with Crippen molar-refractivity contribution in [1.29, 1.82) is 5.41 Å². The van der Waals surface area contributed by atoms with Crippen LogP contribution >= 0.6 is 11.6 Å². The Morgan fingerprint density at radius 2 is 1.96 bits per heavy atom. The molecule has 3 aromatic rings. The van der Waals surface area contributed by atoms with E-state index in [0.717, 1.165) is 6.07 Å². The maximum absolute atomic E-state index is 12.4. The zero-order chi connectivity index (χ0) is 17.3. The lowest BCUT2D eigenvalue weighted by molar-refractivity contribution is -0.384. The number of hydrogen-bond donors (Lipinski definition) is 2. The second-order valence-corrected chi connectivity index (χ2v) is 5.31. The van der Waals surface area contributed by atoms with Crippen LogP contribution in [0.3, 0.4) is 0 Å². The van der Waals surface area contributed by atoms with E-state index < -0.39 is 10.8 Å². The van der Waals surface area contributed by atoms with Crippen LogP contribution in [0.5, 0.6) is 0 Å². The Labute approximate surface area is 140 Å². The molecule has 7 nitrogen and oxygen atoms in total. The average molecular weight is 344 g/mol. The van der Waals surface area contributed by atoms with Gasteiger partial charge in [-0.05, 0) is 18.2 Å². The highest BCUT2D eigenvalue weighted by atomic mass is 35.5. The van der Waals surface area contributed by atoms with Crippen molar-refractivity contribution in [3.63, 3.8) is 0 Å². The first-order valence-electron chi connectivity index (χ1n) is 6.78. The molecule has 0 unspecified atom stereocenters. The van der Waals surface area contributed by atoms with Gasteiger partial charge in [-0.25, -0.2) is 0 Å². The SMILES string of the molecule is N=c1oc2ccccc2cc1C(=O)Nc1cc([N+](=O)[O-])ccc1Cl. The number of fused-ring (bicyclic) bond motifs is 1. The van der Waals surface area contributed by atoms with E-state index in [0.29, 0.717) is 11.0 Å². The molecular weight excluding hydrogens is 334 g/mol. The standard InChI is InChI=1S/C16H10ClN3O4/c17-12-6-5-10(20(22)23)8-13(12)19-16(21)11-7-9-3-1-2-4-14(9)24-15(11)18/h1-8,18H,(H,19,21). The van der Waals surface area contributed by atoms with Crippen LogP contribution in [0.2, 0.25) is 5.02 Å². The van der Waals surface area contributed by atoms with Crippen molar-refractivity contribution in [2.45, 2.75) is 0 Å². The second kappa shape index (κ2) is 6.13. The normalized spacial score (nSPS) is 10.5. The highest BCUT2D eigenvalue weighted by Gasteiger charge is 2.16. The van der Waals surface area contributed by atoms with Gasteiger partial charge in [0.1, 0.15) is 11.1 Å². The summed E-state index contributed by atoms with van der Waals surface area (Å²) in [6.07, 6.45) is 0. The molecule has 3 rings (SSSR count). The molecule has 0 atom stereocenters. The van der Waals surface area contributed by atoms with E-state index in [4.69, 9.17) is 21.4 Å². The van der Waals surface area contributed by atoms with E-state index in [-0.39, 0.29) is 27.5 Å². The maximum atomic E-state index is 12.4. The highest BCUT2D eigenvalue weighted by molar-refractivity contribution is 6.34. The molecule has 2 aromatic carbocycles. The number of carbonyl (C=O) groups excluding carboxylic acids is 1. The van der Waals surface area contributed by atoms with E-state index in [1.54, 1.807) is 24.3 Å². The number of nitro benzene ring substituents is 1. The first-order valence-corrected chi connectivity index (χ1v) is 7.16. The summed E-state index contributed by atoms with van der Waals surface area (Å²) in [4.78, 5) is 22.6. The number of carbonyl (C=O) groups is 1. The maximum Gasteiger partial charge on any atom is 0.271 e. The molecule has 0 spiro atoms. The summed E-state index contributed by atoms with van der Waals surface area (Å²) in [7, 11) is 0. The fourth-order valence-corrected chi connectivity index (χ4v) is 2.32. The van der Waals surface area contributed by atoms with Crippen molar-refractivity contribution in [1.82, 2.24) is 0 Å². The summed E-state index contributed by atoms with van der Waals surface area (Å²) in [6.45, 7) is 0. The van der Waals surface area contributed by atoms with E-state index in [1.807, 2.05) is 0 Å². The van der Waals surface area contributed by atoms with Crippen LogP contribution in [0.15, 0.2) is 52.9 Å². The first-order chi connectivity index (χ1) is 11.5. The van der Waals surface area contributed by atoms with Crippen molar-refractivity contribution in [2.75, 3.05) is 5.32 Å². The van der Waals surface area contributed by atoms with Gasteiger partial charge in [-0.15, -0.1) is 0 Å². The summed E-state index contributed by atoms with van der Waals surface area (Å²) >= 11 is 5.96. The number of hydrogen-bond acceptors (Lipinski definition) is 5. The smallest absolute Gasteiger partial charge is 0.271 e. The Morgan fingerprint density at radius 1 is 1.21 bits per heavy atom. The average Bonchev–Trinajstić information content (AvgIpc) is 2.55. The van der Waals surface area contributed by atoms with Gasteiger partial charge in [-0.1, -0.05) is 29.8 Å². The number of benzene rings is 2. The third-order valence-corrected chi connectivity index (χ3v) is 3.66. The molecule has 120 valence electrons. The van der Waals surface area contributed by atoms with Gasteiger partial charge in [0.05, 0.1) is 15.6 Å². The lowest BCUT2D eigenvalue weighted by Gasteiger charge is -2.07. The molecule has 0 aliphatic heterocycles. The molecule has 2 N–H and O–H groups in total. The second-order valence-electron chi connectivity index (χ2n) is 4.90. The molecule has 8 heteroatoms. The van der Waals surface area contributed by atoms with Gasteiger partial charge in [-0.2, -0.15) is 0 Å². The third-order valence-electron chi connectivity index (χ3n) is 3.33. The Balaban J connectivity index is 1.99. The van der Waals surface area contributed by atoms with E-state index >= 15 is 0 Å². The molecule has 0 aliphatic carbocycles. The van der Waals surface area contributed by atoms with Crippen LogP contribution in [-0.4, -0.2) is 10.8 Å². The topological polar surface area (TPSA) is 109 Å². The summed E-state index contributed by atoms with van der Waals surface area (Å²) in [5.74, 6) is -0.642. The van der Waals surface area contributed by atoms with Crippen molar-refractivity contribution in [3.8, 4) is 0 Å². The molecule has 1 heterocycles. The van der Waals surface area contributed by atoms with Crippen LogP contribution in [0, 0.1) is 15.5 Å². The minimum absolute atomic E-state index is 0.00345. The molecule has 1 amide bonds. The molecule has 0 aliphatic rings. The van der Waals surface area contributed by atoms with Crippen molar-refractivity contribution >= 4 is 39.9 Å². The van der Waals surface area contributed by atoms with Crippen LogP contribution in [0.25, 0.3) is 11.0 Å². The molecule has 0 radical (unpaired) electrons. The number of amides is 1. The quantitative estimate of drug-likeness (QED) is 0.557. The lowest BCUT2D eigenvalue weighted by atomic mass is 10.1. The van der Waals surface area contributed by atoms with Gasteiger partial charge >= 0.3 is 0 Å². The fourth-order valence-electron chi connectivity index (χ4n) is 2.16. The number of anilines is 1. The predicted molar refractivity (Wildman–Crippen MR) is 88.1 cm³/mol. The summed E-state index contributed by atoms with van der Waals surface area (Å²) in [5.41, 5.74) is 0.0453. The first kappa shape index (κ1) is 15.7. The summed E-state index contributed by atoms with van der Waals surface area (Å²) < 4.78 is 5.31. The molecule has 0 bridgehead atoms. The largest absolute Gasteiger partial charge is 0.438 e. The molecule has 0 saturated carbocycles. The number of non-ortho nitro benzene ring substituents is 1. The van der Waals surface area contributed by atoms with Crippen molar-refractivity contribution in [2.24, 2.45) is 0 Å². The monoisotopic (exact) mass is 343 g/mol. The number of nitrogens with zero attached hydrogens (tertiary/aromatic N) is 1. The Bertz CT molecular complexity index is 1030. The van der Waals surface area contributed by atoms with Crippen LogP contribution < -0.4 is 10.9 Å². The van der Waals surface area contributed by atoms with Gasteiger partial charge in [-0.3, -0.25) is 20.3 Å². The number of para-hydroxylation sites is 1. The minimum Gasteiger partial charge on any atom is -0.438 e. The number of rotatable bonds is 3. The Hall–Kier alpha value is -3.19. The third kappa shape index (κ3) is 2.97. The van der Waals surface area contributed by atoms with E-state index in [2.05, 4.69) is 5.32 Å². The highest BCUT2D eigenvalue weighted by Crippen LogP contribution is 2.27. The summed E-state index contributed by atoms with van der Waals surface area (Å²) in [5, 5.41) is 21.9. The Morgan fingerprint density at radius 3 is 2.71 bits per heavy atom.